The molecule has 0 unspecified atom stereocenters. The lowest BCUT2D eigenvalue weighted by Gasteiger charge is -2.32. The van der Waals surface area contributed by atoms with E-state index in [1.54, 1.807) is 0 Å². The van der Waals surface area contributed by atoms with Gasteiger partial charge in [-0.15, -0.1) is 12.4 Å². The van der Waals surface area contributed by atoms with Crippen LogP contribution in [-0.4, -0.2) is 37.1 Å². The van der Waals surface area contributed by atoms with Gasteiger partial charge in [0.05, 0.1) is 12.0 Å². The fourth-order valence-electron chi connectivity index (χ4n) is 5.16. The van der Waals surface area contributed by atoms with Gasteiger partial charge in [-0.3, -0.25) is 4.79 Å². The molecule has 0 spiro atoms. The number of esters is 1. The molecule has 5 heteroatoms. The Labute approximate surface area is 206 Å². The van der Waals surface area contributed by atoms with E-state index in [-0.39, 0.29) is 18.4 Å². The van der Waals surface area contributed by atoms with Gasteiger partial charge in [-0.05, 0) is 97.0 Å². The van der Waals surface area contributed by atoms with E-state index in [0.29, 0.717) is 12.5 Å². The van der Waals surface area contributed by atoms with Gasteiger partial charge in [0.1, 0.15) is 0 Å². The molecule has 0 aromatic heterocycles. The molecule has 1 aliphatic carbocycles. The molecule has 1 heterocycles. The lowest BCUT2D eigenvalue weighted by molar-refractivity contribution is -0.150. The van der Waals surface area contributed by atoms with E-state index >= 15 is 0 Å². The maximum atomic E-state index is 13.1. The molecule has 2 aromatic carbocycles. The number of likely N-dealkylation sites (tertiary alicyclic amines) is 1. The van der Waals surface area contributed by atoms with Gasteiger partial charge in [0.2, 0.25) is 0 Å². The Morgan fingerprint density at radius 3 is 2.29 bits per heavy atom. The topological polar surface area (TPSA) is 29.5 Å². The van der Waals surface area contributed by atoms with Gasteiger partial charge in [0.25, 0.3) is 0 Å². The van der Waals surface area contributed by atoms with Gasteiger partial charge in [-0.25, -0.2) is 0 Å². The van der Waals surface area contributed by atoms with Gasteiger partial charge < -0.3 is 9.64 Å². The second-order valence-corrected chi connectivity index (χ2v) is 10.1. The van der Waals surface area contributed by atoms with Crippen molar-refractivity contribution in [3.8, 4) is 0 Å². The van der Waals surface area contributed by atoms with Crippen LogP contribution in [0.4, 0.5) is 0 Å². The summed E-state index contributed by atoms with van der Waals surface area (Å²) in [5, 5.41) is 0. The lowest BCUT2D eigenvalue weighted by atomic mass is 9.79. The molecular formula is C26H33ClINO2. The summed E-state index contributed by atoms with van der Waals surface area (Å²) < 4.78 is 7.03. The van der Waals surface area contributed by atoms with Crippen molar-refractivity contribution in [2.24, 2.45) is 0 Å². The van der Waals surface area contributed by atoms with Gasteiger partial charge in [0.15, 0.2) is 0 Å². The largest absolute Gasteiger partial charge is 0.465 e. The lowest BCUT2D eigenvalue weighted by Crippen LogP contribution is -2.36. The molecular weight excluding hydrogens is 521 g/mol. The summed E-state index contributed by atoms with van der Waals surface area (Å²) in [4.78, 5) is 15.6. The van der Waals surface area contributed by atoms with Crippen LogP contribution in [0.15, 0.2) is 54.6 Å². The van der Waals surface area contributed by atoms with E-state index in [4.69, 9.17) is 4.74 Å². The Balaban J connectivity index is 0.00000272. The minimum Gasteiger partial charge on any atom is -0.465 e. The Bertz CT molecular complexity index is 813. The summed E-state index contributed by atoms with van der Waals surface area (Å²) in [6.45, 7) is 3.83. The van der Waals surface area contributed by atoms with Crippen LogP contribution in [0.3, 0.4) is 0 Å². The first-order valence-corrected chi connectivity index (χ1v) is 12.5. The monoisotopic (exact) mass is 553 g/mol. The number of halogens is 2. The number of benzene rings is 2. The second kappa shape index (κ2) is 11.7. The smallest absolute Gasteiger partial charge is 0.316 e. The highest BCUT2D eigenvalue weighted by Crippen LogP contribution is 2.42. The standard InChI is InChI=1S/C26H32INO2.ClH/c27-24-11-9-23(10-12-24)26(15-4-5-16-26)25(29)30-20-6-17-28-18-13-22(14-19-28)21-7-2-1-3-8-21;/h1-3,7-12,22H,4-6,13-20H2;1H. The molecule has 3 nitrogen and oxygen atoms in total. The van der Waals surface area contributed by atoms with E-state index in [1.807, 2.05) is 0 Å². The number of carbonyl (C=O) groups excluding carboxylic acids is 1. The molecule has 0 N–H and O–H groups in total. The van der Waals surface area contributed by atoms with Gasteiger partial charge in [-0.2, -0.15) is 0 Å². The molecule has 0 amide bonds. The number of hydrogen-bond acceptors (Lipinski definition) is 3. The van der Waals surface area contributed by atoms with Crippen molar-refractivity contribution < 1.29 is 9.53 Å². The van der Waals surface area contributed by atoms with Crippen molar-refractivity contribution in [3.63, 3.8) is 0 Å². The zero-order chi connectivity index (χ0) is 20.8. The maximum Gasteiger partial charge on any atom is 0.316 e. The Morgan fingerprint density at radius 1 is 1.00 bits per heavy atom. The van der Waals surface area contributed by atoms with E-state index in [1.165, 1.54) is 22.0 Å². The van der Waals surface area contributed by atoms with Gasteiger partial charge >= 0.3 is 5.97 Å². The summed E-state index contributed by atoms with van der Waals surface area (Å²) in [6.07, 6.45) is 7.41. The first kappa shape index (κ1) is 24.5. The van der Waals surface area contributed by atoms with Gasteiger partial charge in [0, 0.05) is 10.1 Å². The summed E-state index contributed by atoms with van der Waals surface area (Å²) >= 11 is 2.31. The molecule has 2 fully saturated rings. The minimum atomic E-state index is -0.418. The van der Waals surface area contributed by atoms with Crippen molar-refractivity contribution >= 4 is 41.0 Å². The minimum absolute atomic E-state index is 0. The summed E-state index contributed by atoms with van der Waals surface area (Å²) in [5.74, 6) is 0.681. The van der Waals surface area contributed by atoms with E-state index < -0.39 is 5.41 Å². The molecule has 2 aliphatic rings. The highest BCUT2D eigenvalue weighted by Gasteiger charge is 2.44. The number of hydrogen-bond donors (Lipinski definition) is 0. The molecule has 4 rings (SSSR count). The van der Waals surface area contributed by atoms with Crippen LogP contribution in [-0.2, 0) is 14.9 Å². The van der Waals surface area contributed by atoms with Crippen molar-refractivity contribution in [1.82, 2.24) is 4.90 Å². The predicted molar refractivity (Wildman–Crippen MR) is 137 cm³/mol. The molecule has 0 bridgehead atoms. The van der Waals surface area contributed by atoms with E-state index in [2.05, 4.69) is 82.1 Å². The normalized spacial score (nSPS) is 19.0. The van der Waals surface area contributed by atoms with Crippen molar-refractivity contribution in [2.75, 3.05) is 26.2 Å². The van der Waals surface area contributed by atoms with Crippen molar-refractivity contribution in [2.45, 2.75) is 56.3 Å². The highest BCUT2D eigenvalue weighted by atomic mass is 127. The third kappa shape index (κ3) is 6.02. The molecule has 0 atom stereocenters. The Hall–Kier alpha value is -1.11. The van der Waals surface area contributed by atoms with Gasteiger partial charge in [-0.1, -0.05) is 55.3 Å². The second-order valence-electron chi connectivity index (χ2n) is 8.81. The molecule has 168 valence electrons. The SMILES string of the molecule is Cl.O=C(OCCCN1CCC(c2ccccc2)CC1)C1(c2ccc(I)cc2)CCCC1. The maximum absolute atomic E-state index is 13.1. The first-order chi connectivity index (χ1) is 14.7. The number of nitrogens with zero attached hydrogens (tertiary/aromatic N) is 1. The summed E-state index contributed by atoms with van der Waals surface area (Å²) in [7, 11) is 0. The number of ether oxygens (including phenoxy) is 1. The van der Waals surface area contributed by atoms with Crippen LogP contribution in [0, 0.1) is 3.57 Å². The molecule has 0 radical (unpaired) electrons. The quantitative estimate of drug-likeness (QED) is 0.228. The zero-order valence-corrected chi connectivity index (χ0v) is 21.1. The number of rotatable bonds is 7. The predicted octanol–water partition coefficient (Wildman–Crippen LogP) is 6.34. The average Bonchev–Trinajstić information content (AvgIpc) is 3.29. The Morgan fingerprint density at radius 2 is 1.65 bits per heavy atom. The summed E-state index contributed by atoms with van der Waals surface area (Å²) in [6, 6.07) is 19.3. The van der Waals surface area contributed by atoms with E-state index in [0.717, 1.165) is 57.3 Å². The fourth-order valence-corrected chi connectivity index (χ4v) is 5.52. The van der Waals surface area contributed by atoms with Crippen molar-refractivity contribution in [1.29, 1.82) is 0 Å². The van der Waals surface area contributed by atoms with Crippen LogP contribution < -0.4 is 0 Å². The molecule has 31 heavy (non-hydrogen) atoms. The fraction of sp³-hybridized carbons (Fsp3) is 0.500. The summed E-state index contributed by atoms with van der Waals surface area (Å²) in [5.41, 5.74) is 2.19. The van der Waals surface area contributed by atoms with Crippen LogP contribution >= 0.6 is 35.0 Å². The first-order valence-electron chi connectivity index (χ1n) is 11.4. The third-order valence-electron chi connectivity index (χ3n) is 6.96. The Kier molecular flexibility index (Phi) is 9.23. The molecule has 2 aromatic rings. The highest BCUT2D eigenvalue weighted by molar-refractivity contribution is 14.1. The van der Waals surface area contributed by atoms with Crippen LogP contribution in [0.5, 0.6) is 0 Å². The average molecular weight is 554 g/mol. The van der Waals surface area contributed by atoms with Crippen molar-refractivity contribution in [3.05, 3.63) is 69.3 Å². The van der Waals surface area contributed by atoms with Crippen LogP contribution in [0.2, 0.25) is 0 Å². The zero-order valence-electron chi connectivity index (χ0n) is 18.1. The molecule has 1 aliphatic heterocycles. The molecule has 1 saturated heterocycles. The van der Waals surface area contributed by atoms with E-state index in [9.17, 15) is 4.79 Å². The third-order valence-corrected chi connectivity index (χ3v) is 7.67. The number of carbonyl (C=O) groups is 1. The van der Waals surface area contributed by atoms with Crippen LogP contribution in [0.25, 0.3) is 0 Å². The molecule has 1 saturated carbocycles. The van der Waals surface area contributed by atoms with Crippen LogP contribution in [0.1, 0.15) is 62.0 Å². The number of piperidine rings is 1.